The van der Waals surface area contributed by atoms with Crippen LogP contribution < -0.4 is 0 Å². The molecule has 0 radical (unpaired) electrons. The molecule has 1 N–H and O–H groups in total. The topological polar surface area (TPSA) is 23.5 Å². The third-order valence-corrected chi connectivity index (χ3v) is 4.72. The number of hydrogen-bond acceptors (Lipinski definition) is 2. The van der Waals surface area contributed by atoms with Gasteiger partial charge in [0, 0.05) is 0 Å². The van der Waals surface area contributed by atoms with Gasteiger partial charge < -0.3 is 10.0 Å². The van der Waals surface area contributed by atoms with Crippen LogP contribution in [-0.4, -0.2) is 30.6 Å². The number of halogens is 1. The zero-order chi connectivity index (χ0) is 13.3. The molecule has 0 bridgehead atoms. The van der Waals surface area contributed by atoms with Crippen LogP contribution in [0.3, 0.4) is 0 Å². The zero-order valence-corrected chi connectivity index (χ0v) is 13.3. The van der Waals surface area contributed by atoms with Gasteiger partial charge in [-0.1, -0.05) is 19.9 Å². The number of phenols is 1. The standard InChI is InChI=1S/C16H25NO.ClH/c1-12-5-6-13-7-8-14(18)11-15(13)16(12,2)9-10-17(3)4;/h7-8,11-12,18H,5-6,9-10H2,1-4H3;1H. The molecular formula is C16H26ClNO. The van der Waals surface area contributed by atoms with Gasteiger partial charge in [-0.2, -0.15) is 0 Å². The molecule has 1 aromatic rings. The molecule has 0 spiro atoms. The maximum Gasteiger partial charge on any atom is 0.115 e. The van der Waals surface area contributed by atoms with Crippen LogP contribution in [0.4, 0.5) is 0 Å². The van der Waals surface area contributed by atoms with E-state index in [1.165, 1.54) is 17.5 Å². The molecule has 2 atom stereocenters. The Bertz CT molecular complexity index is 433. The molecular weight excluding hydrogens is 258 g/mol. The molecule has 2 rings (SSSR count). The van der Waals surface area contributed by atoms with Gasteiger partial charge >= 0.3 is 0 Å². The predicted octanol–water partition coefficient (Wildman–Crippen LogP) is 3.61. The van der Waals surface area contributed by atoms with Crippen molar-refractivity contribution in [1.82, 2.24) is 4.90 Å². The number of benzene rings is 1. The Hall–Kier alpha value is -0.730. The lowest BCUT2D eigenvalue weighted by Crippen LogP contribution is -2.38. The van der Waals surface area contributed by atoms with Gasteiger partial charge in [-0.3, -0.25) is 0 Å². The number of aryl methyl sites for hydroxylation is 1. The lowest BCUT2D eigenvalue weighted by atomic mass is 9.63. The Morgan fingerprint density at radius 3 is 2.68 bits per heavy atom. The van der Waals surface area contributed by atoms with Crippen molar-refractivity contribution in [3.63, 3.8) is 0 Å². The van der Waals surface area contributed by atoms with Gasteiger partial charge in [0.15, 0.2) is 0 Å². The van der Waals surface area contributed by atoms with E-state index in [1.54, 1.807) is 0 Å². The highest BCUT2D eigenvalue weighted by molar-refractivity contribution is 5.85. The highest BCUT2D eigenvalue weighted by atomic mass is 35.5. The first kappa shape index (κ1) is 16.3. The molecule has 3 heteroatoms. The van der Waals surface area contributed by atoms with Gasteiger partial charge in [-0.15, -0.1) is 12.4 Å². The molecule has 0 heterocycles. The largest absolute Gasteiger partial charge is 0.508 e. The number of rotatable bonds is 3. The minimum atomic E-state index is 0. The Morgan fingerprint density at radius 2 is 2.05 bits per heavy atom. The minimum Gasteiger partial charge on any atom is -0.508 e. The zero-order valence-electron chi connectivity index (χ0n) is 12.4. The highest BCUT2D eigenvalue weighted by Crippen LogP contribution is 2.44. The van der Waals surface area contributed by atoms with Gasteiger partial charge in [-0.05, 0) is 74.5 Å². The van der Waals surface area contributed by atoms with E-state index >= 15 is 0 Å². The fourth-order valence-electron chi connectivity index (χ4n) is 3.11. The number of hydrogen-bond donors (Lipinski definition) is 1. The second kappa shape index (κ2) is 6.15. The van der Waals surface area contributed by atoms with Crippen molar-refractivity contribution < 1.29 is 5.11 Å². The van der Waals surface area contributed by atoms with E-state index < -0.39 is 0 Å². The van der Waals surface area contributed by atoms with Crippen LogP contribution in [-0.2, 0) is 11.8 Å². The average Bonchev–Trinajstić information content (AvgIpc) is 2.32. The molecule has 108 valence electrons. The van der Waals surface area contributed by atoms with Gasteiger partial charge in [0.05, 0.1) is 0 Å². The third-order valence-electron chi connectivity index (χ3n) is 4.72. The van der Waals surface area contributed by atoms with Crippen LogP contribution in [0.2, 0.25) is 0 Å². The van der Waals surface area contributed by atoms with Crippen LogP contribution in [0.5, 0.6) is 5.75 Å². The van der Waals surface area contributed by atoms with Crippen molar-refractivity contribution in [3.8, 4) is 5.75 Å². The van der Waals surface area contributed by atoms with E-state index in [0.717, 1.165) is 19.4 Å². The SMILES string of the molecule is CC1CCc2ccc(O)cc2C1(C)CCN(C)C.Cl. The number of nitrogens with zero attached hydrogens (tertiary/aromatic N) is 1. The van der Waals surface area contributed by atoms with E-state index in [1.807, 2.05) is 12.1 Å². The molecule has 0 saturated heterocycles. The van der Waals surface area contributed by atoms with Gasteiger partial charge in [0.1, 0.15) is 5.75 Å². The average molecular weight is 284 g/mol. The second-order valence-electron chi connectivity index (χ2n) is 6.25. The van der Waals surface area contributed by atoms with E-state index in [9.17, 15) is 5.11 Å². The number of fused-ring (bicyclic) bond motifs is 1. The first-order valence-electron chi connectivity index (χ1n) is 6.90. The highest BCUT2D eigenvalue weighted by Gasteiger charge is 2.37. The summed E-state index contributed by atoms with van der Waals surface area (Å²) in [4.78, 5) is 2.25. The monoisotopic (exact) mass is 283 g/mol. The van der Waals surface area contributed by atoms with E-state index in [-0.39, 0.29) is 17.8 Å². The van der Waals surface area contributed by atoms with Crippen molar-refractivity contribution in [1.29, 1.82) is 0 Å². The van der Waals surface area contributed by atoms with Crippen LogP contribution in [0, 0.1) is 5.92 Å². The summed E-state index contributed by atoms with van der Waals surface area (Å²) in [6.45, 7) is 5.80. The van der Waals surface area contributed by atoms with Gasteiger partial charge in [-0.25, -0.2) is 0 Å². The van der Waals surface area contributed by atoms with Crippen LogP contribution in [0.1, 0.15) is 37.8 Å². The van der Waals surface area contributed by atoms with Crippen molar-refractivity contribution in [2.75, 3.05) is 20.6 Å². The fraction of sp³-hybridized carbons (Fsp3) is 0.625. The predicted molar refractivity (Wildman–Crippen MR) is 83.4 cm³/mol. The molecule has 0 saturated carbocycles. The quantitative estimate of drug-likeness (QED) is 0.916. The molecule has 19 heavy (non-hydrogen) atoms. The molecule has 1 aromatic carbocycles. The summed E-state index contributed by atoms with van der Waals surface area (Å²) in [5.41, 5.74) is 2.98. The van der Waals surface area contributed by atoms with Gasteiger partial charge in [0.25, 0.3) is 0 Å². The lowest BCUT2D eigenvalue weighted by molar-refractivity contribution is 0.229. The second-order valence-corrected chi connectivity index (χ2v) is 6.25. The Kier molecular flexibility index (Phi) is 5.28. The first-order chi connectivity index (χ1) is 8.43. The summed E-state index contributed by atoms with van der Waals surface area (Å²) in [5, 5.41) is 9.77. The summed E-state index contributed by atoms with van der Waals surface area (Å²) >= 11 is 0. The van der Waals surface area contributed by atoms with Crippen LogP contribution in [0.15, 0.2) is 18.2 Å². The summed E-state index contributed by atoms with van der Waals surface area (Å²) in [7, 11) is 4.25. The first-order valence-corrected chi connectivity index (χ1v) is 6.90. The van der Waals surface area contributed by atoms with Crippen molar-refractivity contribution in [2.24, 2.45) is 5.92 Å². The summed E-state index contributed by atoms with van der Waals surface area (Å²) < 4.78 is 0. The molecule has 0 aromatic heterocycles. The number of phenolic OH excluding ortho intramolecular Hbond substituents is 1. The van der Waals surface area contributed by atoms with E-state index in [4.69, 9.17) is 0 Å². The van der Waals surface area contributed by atoms with Crippen molar-refractivity contribution in [3.05, 3.63) is 29.3 Å². The molecule has 2 nitrogen and oxygen atoms in total. The third kappa shape index (κ3) is 3.24. The van der Waals surface area contributed by atoms with E-state index in [0.29, 0.717) is 11.7 Å². The molecule has 1 aliphatic rings. The van der Waals surface area contributed by atoms with Crippen LogP contribution in [0.25, 0.3) is 0 Å². The maximum absolute atomic E-state index is 9.77. The Balaban J connectivity index is 0.00000180. The maximum atomic E-state index is 9.77. The molecule has 1 aliphatic carbocycles. The molecule has 0 aliphatic heterocycles. The van der Waals surface area contributed by atoms with E-state index in [2.05, 4.69) is 38.9 Å². The van der Waals surface area contributed by atoms with Crippen molar-refractivity contribution in [2.45, 2.75) is 38.5 Å². The Morgan fingerprint density at radius 1 is 1.37 bits per heavy atom. The lowest BCUT2D eigenvalue weighted by Gasteiger charge is -2.42. The smallest absolute Gasteiger partial charge is 0.115 e. The fourth-order valence-corrected chi connectivity index (χ4v) is 3.11. The van der Waals surface area contributed by atoms with Crippen LogP contribution >= 0.6 is 12.4 Å². The number of aromatic hydroxyl groups is 1. The Labute approximate surface area is 123 Å². The summed E-state index contributed by atoms with van der Waals surface area (Å²) in [6, 6.07) is 5.91. The summed E-state index contributed by atoms with van der Waals surface area (Å²) in [5.74, 6) is 1.07. The van der Waals surface area contributed by atoms with Gasteiger partial charge in [0.2, 0.25) is 0 Å². The summed E-state index contributed by atoms with van der Waals surface area (Å²) in [6.07, 6.45) is 3.55. The molecule has 0 amide bonds. The molecule has 0 fully saturated rings. The minimum absolute atomic E-state index is 0. The normalized spacial score (nSPS) is 25.8. The molecule has 2 unspecified atom stereocenters. The van der Waals surface area contributed by atoms with Crippen molar-refractivity contribution >= 4 is 12.4 Å².